The Labute approximate surface area is 104 Å². The second-order valence-corrected chi connectivity index (χ2v) is 5.10. The van der Waals surface area contributed by atoms with Gasteiger partial charge in [-0.15, -0.1) is 0 Å². The first-order valence-corrected chi connectivity index (χ1v) is 6.59. The zero-order valence-corrected chi connectivity index (χ0v) is 10.6. The molecule has 1 aromatic rings. The van der Waals surface area contributed by atoms with Crippen molar-refractivity contribution in [1.82, 2.24) is 0 Å². The summed E-state index contributed by atoms with van der Waals surface area (Å²) in [6.07, 6.45) is 6.59. The van der Waals surface area contributed by atoms with Crippen molar-refractivity contribution in [2.45, 2.75) is 44.6 Å². The lowest BCUT2D eigenvalue weighted by atomic mass is 9.92. The van der Waals surface area contributed by atoms with Gasteiger partial charge in [0.25, 0.3) is 0 Å². The van der Waals surface area contributed by atoms with Gasteiger partial charge in [0.1, 0.15) is 5.75 Å². The van der Waals surface area contributed by atoms with Gasteiger partial charge in [-0.25, -0.2) is 0 Å². The van der Waals surface area contributed by atoms with E-state index in [1.165, 1.54) is 24.8 Å². The molecule has 17 heavy (non-hydrogen) atoms. The molecule has 2 heteroatoms. The predicted molar refractivity (Wildman–Crippen MR) is 69.3 cm³/mol. The van der Waals surface area contributed by atoms with Gasteiger partial charge in [0.2, 0.25) is 0 Å². The second kappa shape index (κ2) is 6.06. The molecule has 0 heterocycles. The van der Waals surface area contributed by atoms with Crippen molar-refractivity contribution in [3.63, 3.8) is 0 Å². The van der Waals surface area contributed by atoms with Crippen LogP contribution in [0.2, 0.25) is 0 Å². The molecule has 0 aliphatic heterocycles. The Morgan fingerprint density at radius 2 is 2.12 bits per heavy atom. The Morgan fingerprint density at radius 1 is 1.29 bits per heavy atom. The van der Waals surface area contributed by atoms with Crippen molar-refractivity contribution in [3.8, 4) is 5.75 Å². The molecule has 2 rings (SSSR count). The molecular formula is C15H22O2. The number of rotatable bonds is 3. The fourth-order valence-electron chi connectivity index (χ4n) is 2.75. The van der Waals surface area contributed by atoms with Crippen molar-refractivity contribution in [2.24, 2.45) is 5.92 Å². The first-order valence-electron chi connectivity index (χ1n) is 6.59. The van der Waals surface area contributed by atoms with Crippen LogP contribution in [0.15, 0.2) is 24.3 Å². The average Bonchev–Trinajstić information content (AvgIpc) is 2.54. The lowest BCUT2D eigenvalue weighted by Gasteiger charge is -2.16. The molecule has 2 atom stereocenters. The van der Waals surface area contributed by atoms with Gasteiger partial charge in [0.15, 0.2) is 0 Å². The number of aliphatic hydroxyl groups is 1. The highest BCUT2D eigenvalue weighted by molar-refractivity contribution is 5.28. The van der Waals surface area contributed by atoms with Crippen LogP contribution >= 0.6 is 0 Å². The number of hydrogen-bond acceptors (Lipinski definition) is 2. The molecule has 0 bridgehead atoms. The van der Waals surface area contributed by atoms with Crippen LogP contribution < -0.4 is 4.74 Å². The summed E-state index contributed by atoms with van der Waals surface area (Å²) < 4.78 is 5.24. The molecule has 0 amide bonds. The lowest BCUT2D eigenvalue weighted by molar-refractivity contribution is 0.141. The first-order chi connectivity index (χ1) is 8.28. The number of hydrogen-bond donors (Lipinski definition) is 1. The minimum Gasteiger partial charge on any atom is -0.497 e. The van der Waals surface area contributed by atoms with Gasteiger partial charge in [-0.05, 0) is 42.9 Å². The van der Waals surface area contributed by atoms with E-state index in [4.69, 9.17) is 4.74 Å². The minimum absolute atomic E-state index is 0.0897. The van der Waals surface area contributed by atoms with Crippen LogP contribution in [0.3, 0.4) is 0 Å². The zero-order valence-electron chi connectivity index (χ0n) is 10.6. The molecule has 0 radical (unpaired) electrons. The summed E-state index contributed by atoms with van der Waals surface area (Å²) in [5.41, 5.74) is 1.32. The lowest BCUT2D eigenvalue weighted by Crippen LogP contribution is -2.12. The third kappa shape index (κ3) is 3.74. The Hall–Kier alpha value is -1.02. The normalized spacial score (nSPS) is 25.3. The first kappa shape index (κ1) is 12.4. The number of ether oxygens (including phenoxy) is 1. The molecule has 1 saturated carbocycles. The number of benzene rings is 1. The molecule has 0 saturated heterocycles. The van der Waals surface area contributed by atoms with E-state index in [0.717, 1.165) is 25.0 Å². The van der Waals surface area contributed by atoms with E-state index >= 15 is 0 Å². The van der Waals surface area contributed by atoms with Crippen LogP contribution in [-0.2, 0) is 6.42 Å². The van der Waals surface area contributed by atoms with Gasteiger partial charge in [-0.3, -0.25) is 0 Å². The largest absolute Gasteiger partial charge is 0.497 e. The summed E-state index contributed by atoms with van der Waals surface area (Å²) >= 11 is 0. The SMILES string of the molecule is COc1cccc(CC2CCCCC(O)C2)c1. The number of aliphatic hydroxyl groups excluding tert-OH is 1. The quantitative estimate of drug-likeness (QED) is 0.814. The van der Waals surface area contributed by atoms with Crippen LogP contribution in [0.5, 0.6) is 5.75 Å². The maximum atomic E-state index is 9.81. The molecule has 2 unspecified atom stereocenters. The fraction of sp³-hybridized carbons (Fsp3) is 0.600. The predicted octanol–water partition coefficient (Wildman–Crippen LogP) is 3.18. The summed E-state index contributed by atoms with van der Waals surface area (Å²) in [4.78, 5) is 0. The highest BCUT2D eigenvalue weighted by Crippen LogP contribution is 2.27. The van der Waals surface area contributed by atoms with Gasteiger partial charge in [-0.1, -0.05) is 31.4 Å². The molecule has 2 nitrogen and oxygen atoms in total. The van der Waals surface area contributed by atoms with E-state index in [1.54, 1.807) is 7.11 Å². The molecule has 1 N–H and O–H groups in total. The standard InChI is InChI=1S/C15H22O2/c1-17-15-8-4-6-13(11-15)9-12-5-2-3-7-14(16)10-12/h4,6,8,11-12,14,16H,2-3,5,7,9-10H2,1H3. The van der Waals surface area contributed by atoms with Crippen molar-refractivity contribution in [3.05, 3.63) is 29.8 Å². The molecule has 1 aliphatic rings. The van der Waals surface area contributed by atoms with E-state index in [2.05, 4.69) is 12.1 Å². The molecule has 1 aromatic carbocycles. The topological polar surface area (TPSA) is 29.5 Å². The minimum atomic E-state index is -0.0897. The van der Waals surface area contributed by atoms with Crippen LogP contribution in [0.25, 0.3) is 0 Å². The smallest absolute Gasteiger partial charge is 0.119 e. The van der Waals surface area contributed by atoms with Crippen molar-refractivity contribution in [1.29, 1.82) is 0 Å². The second-order valence-electron chi connectivity index (χ2n) is 5.10. The van der Waals surface area contributed by atoms with Gasteiger partial charge in [-0.2, -0.15) is 0 Å². The summed E-state index contributed by atoms with van der Waals surface area (Å²) in [6, 6.07) is 8.28. The highest BCUT2D eigenvalue weighted by Gasteiger charge is 2.18. The molecule has 1 aliphatic carbocycles. The zero-order chi connectivity index (χ0) is 12.1. The van der Waals surface area contributed by atoms with E-state index in [9.17, 15) is 5.11 Å². The summed E-state index contributed by atoms with van der Waals surface area (Å²) in [5, 5.41) is 9.81. The summed E-state index contributed by atoms with van der Waals surface area (Å²) in [7, 11) is 1.70. The third-order valence-corrected chi connectivity index (χ3v) is 3.66. The molecular weight excluding hydrogens is 212 g/mol. The monoisotopic (exact) mass is 234 g/mol. The Bertz CT molecular complexity index is 349. The van der Waals surface area contributed by atoms with Gasteiger partial charge in [0, 0.05) is 0 Å². The number of methoxy groups -OCH3 is 1. The van der Waals surface area contributed by atoms with Gasteiger partial charge < -0.3 is 9.84 Å². The maximum absolute atomic E-state index is 9.81. The summed E-state index contributed by atoms with van der Waals surface area (Å²) in [6.45, 7) is 0. The van der Waals surface area contributed by atoms with E-state index < -0.39 is 0 Å². The average molecular weight is 234 g/mol. The van der Waals surface area contributed by atoms with Crippen molar-refractivity contribution >= 4 is 0 Å². The van der Waals surface area contributed by atoms with E-state index in [1.807, 2.05) is 12.1 Å². The van der Waals surface area contributed by atoms with Gasteiger partial charge in [0.05, 0.1) is 13.2 Å². The highest BCUT2D eigenvalue weighted by atomic mass is 16.5. The van der Waals surface area contributed by atoms with E-state index in [0.29, 0.717) is 5.92 Å². The fourth-order valence-corrected chi connectivity index (χ4v) is 2.75. The molecule has 94 valence electrons. The molecule has 1 fully saturated rings. The molecule has 0 aromatic heterocycles. The van der Waals surface area contributed by atoms with Crippen LogP contribution in [0.4, 0.5) is 0 Å². The van der Waals surface area contributed by atoms with Crippen LogP contribution in [-0.4, -0.2) is 18.3 Å². The van der Waals surface area contributed by atoms with Crippen LogP contribution in [0.1, 0.15) is 37.7 Å². The Balaban J connectivity index is 1.98. The third-order valence-electron chi connectivity index (χ3n) is 3.66. The Morgan fingerprint density at radius 3 is 2.94 bits per heavy atom. The Kier molecular flexibility index (Phi) is 4.43. The van der Waals surface area contributed by atoms with Crippen LogP contribution in [0, 0.1) is 5.92 Å². The summed E-state index contributed by atoms with van der Waals surface area (Å²) in [5.74, 6) is 1.55. The van der Waals surface area contributed by atoms with Crippen molar-refractivity contribution in [2.75, 3.05) is 7.11 Å². The van der Waals surface area contributed by atoms with E-state index in [-0.39, 0.29) is 6.10 Å². The van der Waals surface area contributed by atoms with Crippen molar-refractivity contribution < 1.29 is 9.84 Å². The maximum Gasteiger partial charge on any atom is 0.119 e. The van der Waals surface area contributed by atoms with Gasteiger partial charge >= 0.3 is 0 Å². The molecule has 0 spiro atoms.